The van der Waals surface area contributed by atoms with E-state index in [0.29, 0.717) is 16.8 Å². The van der Waals surface area contributed by atoms with Crippen LogP contribution in [0.4, 0.5) is 22.7 Å². The molecule has 1 saturated carbocycles. The van der Waals surface area contributed by atoms with Gasteiger partial charge in [0.15, 0.2) is 0 Å². The van der Waals surface area contributed by atoms with Crippen LogP contribution in [0.25, 0.3) is 22.3 Å². The number of aromatic hydroxyl groups is 2. The van der Waals surface area contributed by atoms with Crippen LogP contribution in [0.3, 0.4) is 0 Å². The lowest BCUT2D eigenvalue weighted by molar-refractivity contribution is -0.536. The van der Waals surface area contributed by atoms with Crippen molar-refractivity contribution in [3.05, 3.63) is 157 Å². The molecule has 0 bridgehead atoms. The summed E-state index contributed by atoms with van der Waals surface area (Å²) in [5, 5.41) is 49.9. The zero-order valence-electron chi connectivity index (χ0n) is 28.2. The Labute approximate surface area is 293 Å². The van der Waals surface area contributed by atoms with Gasteiger partial charge in [0, 0.05) is 47.7 Å². The maximum Gasteiger partial charge on any atom is 0.121 e. The minimum absolute atomic E-state index is 0.0380. The topological polar surface area (TPSA) is 93.1 Å². The Bertz CT molecular complexity index is 1990. The molecule has 1 fully saturated rings. The van der Waals surface area contributed by atoms with Crippen LogP contribution in [0.15, 0.2) is 146 Å². The van der Waals surface area contributed by atoms with Gasteiger partial charge in [-0.3, -0.25) is 0 Å². The normalized spacial score (nSPS) is 18.3. The van der Waals surface area contributed by atoms with Crippen LogP contribution in [0.2, 0.25) is 0 Å². The van der Waals surface area contributed by atoms with Gasteiger partial charge in [-0.2, -0.15) is 0 Å². The van der Waals surface area contributed by atoms with Gasteiger partial charge in [-0.25, -0.2) is 0 Å². The molecule has 0 aliphatic heterocycles. The summed E-state index contributed by atoms with van der Waals surface area (Å²) in [7, 11) is 0. The Morgan fingerprint density at radius 2 is 0.900 bits per heavy atom. The van der Waals surface area contributed by atoms with E-state index in [9.17, 15) is 20.4 Å². The lowest BCUT2D eigenvalue weighted by Crippen LogP contribution is -2.63. The Morgan fingerprint density at radius 3 is 1.34 bits per heavy atom. The second-order valence-electron chi connectivity index (χ2n) is 12.7. The van der Waals surface area contributed by atoms with Gasteiger partial charge in [-0.15, -0.1) is 12.2 Å². The second-order valence-corrected chi connectivity index (χ2v) is 12.7. The molecule has 2 N–H and O–H groups in total. The highest BCUT2D eigenvalue weighted by molar-refractivity contribution is 5.93. The number of benzene rings is 6. The molecule has 1 aliphatic carbocycles. The zero-order chi connectivity index (χ0) is 34.8. The van der Waals surface area contributed by atoms with Crippen LogP contribution in [0.1, 0.15) is 36.8 Å². The first-order valence-corrected chi connectivity index (χ1v) is 17.2. The largest absolute Gasteiger partial charge is 0.851 e. The molecule has 7 rings (SSSR count). The van der Waals surface area contributed by atoms with Crippen LogP contribution in [0.5, 0.6) is 11.5 Å². The molecule has 0 radical (unpaired) electrons. The molecule has 6 heteroatoms. The van der Waals surface area contributed by atoms with Crippen LogP contribution in [-0.2, 0) is 0 Å². The van der Waals surface area contributed by atoms with Gasteiger partial charge in [0.05, 0.1) is 11.4 Å². The van der Waals surface area contributed by atoms with Gasteiger partial charge < -0.3 is 30.2 Å². The number of rotatable bonds is 10. The standard InChI is InChI=1S/C44H40N2O4/c1-3-45(4-2)31-23-25-35(39(47)27-31)41-43(49)42(44(41)50)36-26-24-32(28-40(36)48)46(37-21-13-11-19-33(37)29-15-7-5-8-16-29)38-22-14-12-20-34(38)30-17-9-6-10-18-30/h5-28,41-44,47-48H,3-4H2,1-2H3/q-2. The Morgan fingerprint density at radius 1 is 0.500 bits per heavy atom. The van der Waals surface area contributed by atoms with Crippen molar-refractivity contribution < 1.29 is 20.4 Å². The van der Waals surface area contributed by atoms with E-state index >= 15 is 0 Å². The fourth-order valence-corrected chi connectivity index (χ4v) is 7.40. The van der Waals surface area contributed by atoms with Gasteiger partial charge in [0.1, 0.15) is 11.5 Å². The van der Waals surface area contributed by atoms with E-state index in [0.717, 1.165) is 52.4 Å². The van der Waals surface area contributed by atoms with E-state index in [1.165, 1.54) is 0 Å². The van der Waals surface area contributed by atoms with Crippen molar-refractivity contribution in [2.24, 2.45) is 0 Å². The van der Waals surface area contributed by atoms with Crippen molar-refractivity contribution in [1.82, 2.24) is 0 Å². The fraction of sp³-hybridized carbons (Fsp3) is 0.182. The first-order valence-electron chi connectivity index (χ1n) is 17.2. The van der Waals surface area contributed by atoms with Crippen molar-refractivity contribution in [2.75, 3.05) is 22.9 Å². The number of phenols is 2. The van der Waals surface area contributed by atoms with Crippen molar-refractivity contribution in [2.45, 2.75) is 37.9 Å². The lowest BCUT2D eigenvalue weighted by Gasteiger charge is -2.61. The number of anilines is 4. The van der Waals surface area contributed by atoms with Crippen LogP contribution in [0, 0.1) is 0 Å². The zero-order valence-corrected chi connectivity index (χ0v) is 28.2. The summed E-state index contributed by atoms with van der Waals surface area (Å²) in [5.74, 6) is -1.99. The van der Waals surface area contributed by atoms with Crippen molar-refractivity contribution >= 4 is 22.7 Å². The summed E-state index contributed by atoms with van der Waals surface area (Å²) < 4.78 is 0. The van der Waals surface area contributed by atoms with E-state index in [1.807, 2.05) is 86.6 Å². The van der Waals surface area contributed by atoms with Crippen molar-refractivity contribution in [3.8, 4) is 33.8 Å². The molecule has 1 aliphatic rings. The molecular weight excluding hydrogens is 620 g/mol. The van der Waals surface area contributed by atoms with Crippen LogP contribution < -0.4 is 20.0 Å². The maximum absolute atomic E-state index is 13.7. The molecule has 6 nitrogen and oxygen atoms in total. The molecule has 0 amide bonds. The Kier molecular flexibility index (Phi) is 9.31. The highest BCUT2D eigenvalue weighted by Crippen LogP contribution is 2.51. The summed E-state index contributed by atoms with van der Waals surface area (Å²) in [6.45, 7) is 5.62. The third-order valence-electron chi connectivity index (χ3n) is 10.0. The first kappa shape index (κ1) is 33.0. The summed E-state index contributed by atoms with van der Waals surface area (Å²) in [5.41, 5.74) is 8.15. The molecule has 6 aromatic rings. The first-order chi connectivity index (χ1) is 24.4. The lowest BCUT2D eigenvalue weighted by atomic mass is 9.63. The predicted octanol–water partition coefficient (Wildman–Crippen LogP) is 8.09. The SMILES string of the molecule is CCN(CC)c1ccc(C2C([O-])C(c3ccc(N(c4ccccc4-c4ccccc4)c4ccccc4-c4ccccc4)cc3O)C2[O-])c(O)c1. The van der Waals surface area contributed by atoms with E-state index < -0.39 is 24.0 Å². The molecule has 0 heterocycles. The average molecular weight is 661 g/mol. The molecule has 0 spiro atoms. The second kappa shape index (κ2) is 14.1. The minimum Gasteiger partial charge on any atom is -0.851 e. The van der Waals surface area contributed by atoms with Gasteiger partial charge >= 0.3 is 0 Å². The number of para-hydroxylation sites is 2. The molecule has 2 atom stereocenters. The molecule has 0 saturated heterocycles. The predicted molar refractivity (Wildman–Crippen MR) is 198 cm³/mol. The summed E-state index contributed by atoms with van der Waals surface area (Å²) in [4.78, 5) is 4.21. The fourth-order valence-electron chi connectivity index (χ4n) is 7.40. The van der Waals surface area contributed by atoms with E-state index in [4.69, 9.17) is 0 Å². The summed E-state index contributed by atoms with van der Waals surface area (Å²) >= 11 is 0. The molecule has 0 aromatic heterocycles. The van der Waals surface area contributed by atoms with Crippen molar-refractivity contribution in [1.29, 1.82) is 0 Å². The number of nitrogens with zero attached hydrogens (tertiary/aromatic N) is 2. The molecule has 2 unspecified atom stereocenters. The monoisotopic (exact) mass is 660 g/mol. The van der Waals surface area contributed by atoms with Crippen LogP contribution >= 0.6 is 0 Å². The van der Waals surface area contributed by atoms with E-state index in [1.54, 1.807) is 24.3 Å². The van der Waals surface area contributed by atoms with Gasteiger partial charge in [-0.1, -0.05) is 109 Å². The maximum atomic E-state index is 13.7. The van der Waals surface area contributed by atoms with Gasteiger partial charge in [0.25, 0.3) is 0 Å². The van der Waals surface area contributed by atoms with Gasteiger partial charge in [-0.05, 0) is 72.2 Å². The quantitative estimate of drug-likeness (QED) is 0.154. The average Bonchev–Trinajstić information content (AvgIpc) is 3.15. The highest BCUT2D eigenvalue weighted by Gasteiger charge is 2.41. The third kappa shape index (κ3) is 5.98. The molecule has 252 valence electrons. The van der Waals surface area contributed by atoms with E-state index in [2.05, 4.69) is 58.3 Å². The molecule has 50 heavy (non-hydrogen) atoms. The smallest absolute Gasteiger partial charge is 0.121 e. The van der Waals surface area contributed by atoms with Crippen molar-refractivity contribution in [3.63, 3.8) is 0 Å². The third-order valence-corrected chi connectivity index (χ3v) is 10.0. The summed E-state index contributed by atoms with van der Waals surface area (Å²) in [6.07, 6.45) is -2.62. The highest BCUT2D eigenvalue weighted by atomic mass is 16.3. The van der Waals surface area contributed by atoms with Crippen LogP contribution in [-0.4, -0.2) is 35.5 Å². The molecular formula is C44H40N2O4-2. The number of phenolic OH excluding ortho intramolecular Hbond substituents is 2. The van der Waals surface area contributed by atoms with Gasteiger partial charge in [0.2, 0.25) is 0 Å². The molecule has 6 aromatic carbocycles. The Hall–Kier alpha value is -5.56. The Balaban J connectivity index is 1.28. The minimum atomic E-state index is -1.31. The number of hydrogen-bond acceptors (Lipinski definition) is 6. The summed E-state index contributed by atoms with van der Waals surface area (Å²) in [6, 6.07) is 47.1. The number of hydrogen-bond donors (Lipinski definition) is 2. The van der Waals surface area contributed by atoms with E-state index in [-0.39, 0.29) is 11.5 Å².